The Labute approximate surface area is 201 Å². The number of carbonyl (C=O) groups excluding carboxylic acids is 4. The number of nitrogens with one attached hydrogen (secondary N) is 1. The lowest BCUT2D eigenvalue weighted by molar-refractivity contribution is -0.112. The van der Waals surface area contributed by atoms with Crippen molar-refractivity contribution in [3.05, 3.63) is 95.3 Å². The number of esters is 2. The third kappa shape index (κ3) is 4.67. The summed E-state index contributed by atoms with van der Waals surface area (Å²) >= 11 is 0. The summed E-state index contributed by atoms with van der Waals surface area (Å²) in [4.78, 5) is 50.6. The molecule has 1 amide bonds. The number of benzene rings is 2. The average molecular weight is 470 g/mol. The molecule has 35 heavy (non-hydrogen) atoms. The summed E-state index contributed by atoms with van der Waals surface area (Å²) < 4.78 is 11.1. The Bertz CT molecular complexity index is 1430. The standard InChI is InChI=1S/C27H22N2O6/c1-16-7-9-17(10-8-16)22-15-21-6-4-5-11-29(21)23(22)24(30)25(31)28-20-13-18(26(32)34-2)12-19(14-20)27(33)35-3/h4-15H,1-3H3,(H,28,31). The van der Waals surface area contributed by atoms with E-state index in [1.165, 1.54) is 32.4 Å². The summed E-state index contributed by atoms with van der Waals surface area (Å²) in [6.45, 7) is 1.96. The molecule has 8 nitrogen and oxygen atoms in total. The Morgan fingerprint density at radius 1 is 0.800 bits per heavy atom. The number of ketones is 1. The second kappa shape index (κ2) is 9.64. The minimum Gasteiger partial charge on any atom is -0.465 e. The average Bonchev–Trinajstić information content (AvgIpc) is 3.26. The molecule has 4 aromatic rings. The van der Waals surface area contributed by atoms with Gasteiger partial charge in [0.2, 0.25) is 0 Å². The Balaban J connectivity index is 1.74. The van der Waals surface area contributed by atoms with Gasteiger partial charge < -0.3 is 19.2 Å². The van der Waals surface area contributed by atoms with Crippen molar-refractivity contribution in [1.82, 2.24) is 4.40 Å². The number of nitrogens with zero attached hydrogens (tertiary/aromatic N) is 1. The van der Waals surface area contributed by atoms with Gasteiger partial charge in [0.05, 0.1) is 25.3 Å². The van der Waals surface area contributed by atoms with E-state index in [0.29, 0.717) is 5.56 Å². The van der Waals surface area contributed by atoms with E-state index in [-0.39, 0.29) is 22.5 Å². The zero-order valence-electron chi connectivity index (χ0n) is 19.3. The molecule has 0 saturated heterocycles. The van der Waals surface area contributed by atoms with E-state index >= 15 is 0 Å². The summed E-state index contributed by atoms with van der Waals surface area (Å²) in [5, 5.41) is 2.50. The molecule has 0 radical (unpaired) electrons. The van der Waals surface area contributed by atoms with Crippen LogP contribution in [0.5, 0.6) is 0 Å². The number of hydrogen-bond acceptors (Lipinski definition) is 6. The molecular formula is C27H22N2O6. The van der Waals surface area contributed by atoms with E-state index < -0.39 is 23.6 Å². The Morgan fingerprint density at radius 2 is 1.43 bits per heavy atom. The zero-order chi connectivity index (χ0) is 25.1. The second-order valence-corrected chi connectivity index (χ2v) is 7.83. The smallest absolute Gasteiger partial charge is 0.337 e. The van der Waals surface area contributed by atoms with Crippen LogP contribution in [0.4, 0.5) is 5.69 Å². The first-order chi connectivity index (χ1) is 16.8. The number of carbonyl (C=O) groups is 4. The molecule has 2 aromatic heterocycles. The molecular weight excluding hydrogens is 448 g/mol. The van der Waals surface area contributed by atoms with Crippen molar-refractivity contribution >= 4 is 34.8 Å². The number of aromatic nitrogens is 1. The van der Waals surface area contributed by atoms with Gasteiger partial charge in [-0.2, -0.15) is 0 Å². The number of ether oxygens (including phenoxy) is 2. The van der Waals surface area contributed by atoms with Crippen LogP contribution >= 0.6 is 0 Å². The number of fused-ring (bicyclic) bond motifs is 1. The fourth-order valence-electron chi connectivity index (χ4n) is 3.78. The van der Waals surface area contributed by atoms with E-state index in [1.54, 1.807) is 16.7 Å². The number of methoxy groups -OCH3 is 2. The van der Waals surface area contributed by atoms with E-state index in [0.717, 1.165) is 16.6 Å². The largest absolute Gasteiger partial charge is 0.465 e. The maximum absolute atomic E-state index is 13.4. The van der Waals surface area contributed by atoms with Gasteiger partial charge in [0.15, 0.2) is 0 Å². The third-order valence-corrected chi connectivity index (χ3v) is 5.50. The van der Waals surface area contributed by atoms with Crippen LogP contribution in [0.3, 0.4) is 0 Å². The molecule has 2 aromatic carbocycles. The molecule has 0 aliphatic rings. The van der Waals surface area contributed by atoms with Crippen LogP contribution in [-0.2, 0) is 14.3 Å². The Hall–Kier alpha value is -4.72. The van der Waals surface area contributed by atoms with Gasteiger partial charge in [-0.3, -0.25) is 9.59 Å². The van der Waals surface area contributed by atoms with Gasteiger partial charge in [0, 0.05) is 23.0 Å². The summed E-state index contributed by atoms with van der Waals surface area (Å²) in [6, 6.07) is 18.9. The molecule has 0 fully saturated rings. The predicted molar refractivity (Wildman–Crippen MR) is 130 cm³/mol. The van der Waals surface area contributed by atoms with Crippen LogP contribution < -0.4 is 5.32 Å². The van der Waals surface area contributed by atoms with Gasteiger partial charge >= 0.3 is 11.9 Å². The van der Waals surface area contributed by atoms with Gasteiger partial charge in [-0.1, -0.05) is 35.9 Å². The fourth-order valence-corrected chi connectivity index (χ4v) is 3.78. The van der Waals surface area contributed by atoms with Gasteiger partial charge in [-0.05, 0) is 48.9 Å². The number of rotatable bonds is 6. The number of Topliss-reactive ketones (excluding diaryl/α,β-unsaturated/α-hetero) is 1. The van der Waals surface area contributed by atoms with Gasteiger partial charge in [0.1, 0.15) is 5.69 Å². The van der Waals surface area contributed by atoms with Crippen LogP contribution in [0.2, 0.25) is 0 Å². The van der Waals surface area contributed by atoms with Crippen molar-refractivity contribution in [3.8, 4) is 11.1 Å². The van der Waals surface area contributed by atoms with E-state index in [2.05, 4.69) is 5.32 Å². The van der Waals surface area contributed by atoms with Crippen molar-refractivity contribution in [2.45, 2.75) is 6.92 Å². The van der Waals surface area contributed by atoms with Gasteiger partial charge in [-0.15, -0.1) is 0 Å². The van der Waals surface area contributed by atoms with Crippen LogP contribution in [0.25, 0.3) is 16.6 Å². The maximum Gasteiger partial charge on any atom is 0.337 e. The number of hydrogen-bond donors (Lipinski definition) is 1. The number of aryl methyl sites for hydroxylation is 1. The Morgan fingerprint density at radius 3 is 2.03 bits per heavy atom. The topological polar surface area (TPSA) is 103 Å². The molecule has 4 rings (SSSR count). The second-order valence-electron chi connectivity index (χ2n) is 7.83. The SMILES string of the molecule is COC(=O)c1cc(NC(=O)C(=O)c2c(-c3ccc(C)cc3)cc3ccccn23)cc(C(=O)OC)c1. The zero-order valence-corrected chi connectivity index (χ0v) is 19.3. The van der Waals surface area contributed by atoms with Crippen molar-refractivity contribution in [2.24, 2.45) is 0 Å². The summed E-state index contributed by atoms with van der Waals surface area (Å²) in [5.41, 5.74) is 3.52. The molecule has 0 unspecified atom stereocenters. The first-order valence-corrected chi connectivity index (χ1v) is 10.7. The molecule has 0 saturated carbocycles. The number of anilines is 1. The van der Waals surface area contributed by atoms with Gasteiger partial charge in [0.25, 0.3) is 11.7 Å². The highest BCUT2D eigenvalue weighted by atomic mass is 16.5. The number of amides is 1. The van der Waals surface area contributed by atoms with Crippen molar-refractivity contribution in [2.75, 3.05) is 19.5 Å². The monoisotopic (exact) mass is 470 g/mol. The lowest BCUT2D eigenvalue weighted by Crippen LogP contribution is -2.25. The highest BCUT2D eigenvalue weighted by molar-refractivity contribution is 6.47. The maximum atomic E-state index is 13.4. The lowest BCUT2D eigenvalue weighted by Gasteiger charge is -2.10. The third-order valence-electron chi connectivity index (χ3n) is 5.50. The highest BCUT2D eigenvalue weighted by Gasteiger charge is 2.25. The van der Waals surface area contributed by atoms with Crippen LogP contribution in [-0.4, -0.2) is 42.2 Å². The molecule has 0 aliphatic heterocycles. The Kier molecular flexibility index (Phi) is 6.46. The molecule has 176 valence electrons. The lowest BCUT2D eigenvalue weighted by atomic mass is 10.0. The molecule has 8 heteroatoms. The molecule has 0 atom stereocenters. The van der Waals surface area contributed by atoms with Crippen molar-refractivity contribution in [3.63, 3.8) is 0 Å². The van der Waals surface area contributed by atoms with Gasteiger partial charge in [-0.25, -0.2) is 9.59 Å². The van der Waals surface area contributed by atoms with Crippen LogP contribution in [0.1, 0.15) is 36.8 Å². The fraction of sp³-hybridized carbons (Fsp3) is 0.111. The summed E-state index contributed by atoms with van der Waals surface area (Å²) in [5.74, 6) is -3.14. The van der Waals surface area contributed by atoms with E-state index in [1.807, 2.05) is 49.4 Å². The highest BCUT2D eigenvalue weighted by Crippen LogP contribution is 2.29. The summed E-state index contributed by atoms with van der Waals surface area (Å²) in [7, 11) is 2.39. The minimum atomic E-state index is -0.931. The molecule has 0 spiro atoms. The minimum absolute atomic E-state index is 0.0200. The molecule has 0 bridgehead atoms. The predicted octanol–water partition coefficient (Wildman–Crippen LogP) is 4.31. The number of pyridine rings is 1. The molecule has 2 heterocycles. The van der Waals surface area contributed by atoms with Crippen LogP contribution in [0.15, 0.2) is 72.9 Å². The van der Waals surface area contributed by atoms with Crippen LogP contribution in [0, 0.1) is 6.92 Å². The van der Waals surface area contributed by atoms with Crippen molar-refractivity contribution in [1.29, 1.82) is 0 Å². The first-order valence-electron chi connectivity index (χ1n) is 10.7. The van der Waals surface area contributed by atoms with E-state index in [9.17, 15) is 19.2 Å². The quantitative estimate of drug-likeness (QED) is 0.256. The first kappa shape index (κ1) is 23.4. The van der Waals surface area contributed by atoms with E-state index in [4.69, 9.17) is 9.47 Å². The molecule has 0 aliphatic carbocycles. The molecule has 1 N–H and O–H groups in total. The summed E-state index contributed by atoms with van der Waals surface area (Å²) in [6.07, 6.45) is 1.71. The normalized spacial score (nSPS) is 10.6. The van der Waals surface area contributed by atoms with Crippen molar-refractivity contribution < 1.29 is 28.7 Å².